The van der Waals surface area contributed by atoms with Crippen LogP contribution in [0.15, 0.2) is 36.7 Å². The highest BCUT2D eigenvalue weighted by molar-refractivity contribution is 5.86. The molecule has 146 valence electrons. The van der Waals surface area contributed by atoms with Crippen LogP contribution in [0.1, 0.15) is 47.3 Å². The number of nitrogens with one attached hydrogen (secondary N) is 1. The van der Waals surface area contributed by atoms with E-state index in [1.54, 1.807) is 0 Å². The van der Waals surface area contributed by atoms with E-state index < -0.39 is 5.97 Å². The Balaban J connectivity index is 1.27. The number of anilines is 1. The summed E-state index contributed by atoms with van der Waals surface area (Å²) in [5.41, 5.74) is 4.11. The predicted molar refractivity (Wildman–Crippen MR) is 110 cm³/mol. The second kappa shape index (κ2) is 8.00. The molecule has 0 bridgehead atoms. The minimum absolute atomic E-state index is 0.131. The zero-order chi connectivity index (χ0) is 19.5. The van der Waals surface area contributed by atoms with E-state index in [0.29, 0.717) is 5.95 Å². The third-order valence-electron chi connectivity index (χ3n) is 5.85. The van der Waals surface area contributed by atoms with Crippen molar-refractivity contribution in [2.24, 2.45) is 5.92 Å². The lowest BCUT2D eigenvalue weighted by Gasteiger charge is -2.32. The summed E-state index contributed by atoms with van der Waals surface area (Å²) in [6.45, 7) is 4.04. The molecule has 1 aliphatic heterocycles. The number of para-hydroxylation sites is 1. The Morgan fingerprint density at radius 2 is 1.93 bits per heavy atom. The molecule has 6 heteroatoms. The number of carboxylic acid groups (broad SMARTS) is 1. The molecule has 0 saturated carbocycles. The maximum atomic E-state index is 10.9. The summed E-state index contributed by atoms with van der Waals surface area (Å²) in [6, 6.07) is 8.55. The zero-order valence-corrected chi connectivity index (χ0v) is 16.2. The molecule has 4 rings (SSSR count). The van der Waals surface area contributed by atoms with Crippen LogP contribution in [-0.4, -0.2) is 39.1 Å². The Hall–Kier alpha value is -2.89. The van der Waals surface area contributed by atoms with Gasteiger partial charge in [-0.25, -0.2) is 14.8 Å². The molecule has 0 amide bonds. The number of fused-ring (bicyclic) bond motifs is 1. The Bertz CT molecular complexity index is 956. The summed E-state index contributed by atoms with van der Waals surface area (Å²) in [7, 11) is 0. The van der Waals surface area contributed by atoms with Gasteiger partial charge >= 0.3 is 5.97 Å². The zero-order valence-electron chi connectivity index (χ0n) is 16.2. The largest absolute Gasteiger partial charge is 0.478 e. The molecule has 0 aliphatic carbocycles. The molecule has 28 heavy (non-hydrogen) atoms. The highest BCUT2D eigenvalue weighted by atomic mass is 16.4. The van der Waals surface area contributed by atoms with Gasteiger partial charge in [-0.2, -0.15) is 0 Å². The summed E-state index contributed by atoms with van der Waals surface area (Å²) < 4.78 is 0. The molecule has 1 fully saturated rings. The van der Waals surface area contributed by atoms with Crippen LogP contribution in [0.3, 0.4) is 0 Å². The number of hydrogen-bond donors (Lipinski definition) is 2. The Morgan fingerprint density at radius 3 is 2.64 bits per heavy atom. The molecule has 0 unspecified atom stereocenters. The van der Waals surface area contributed by atoms with Crippen LogP contribution in [0.4, 0.5) is 5.95 Å². The van der Waals surface area contributed by atoms with Gasteiger partial charge in [-0.3, -0.25) is 0 Å². The van der Waals surface area contributed by atoms with Gasteiger partial charge in [0.15, 0.2) is 0 Å². The van der Waals surface area contributed by atoms with Crippen LogP contribution >= 0.6 is 0 Å². The van der Waals surface area contributed by atoms with Crippen LogP contribution in [0, 0.1) is 12.8 Å². The highest BCUT2D eigenvalue weighted by Crippen LogP contribution is 2.27. The predicted octanol–water partition coefficient (Wildman–Crippen LogP) is 4.20. The SMILES string of the molecule is Cc1[nH]c2ccccc2c1CCCC1CCN(c2ncc(C(=O)O)cn2)CC1. The first-order valence-electron chi connectivity index (χ1n) is 9.98. The molecule has 3 heterocycles. The Labute approximate surface area is 164 Å². The standard InChI is InChI=1S/C22H26N4O2/c1-15-18(19-6-2-3-8-20(19)25-15)7-4-5-16-9-11-26(12-10-16)22-23-13-17(14-24-22)21(27)28/h2-3,6,8,13-14,16,25H,4-5,7,9-12H2,1H3,(H,27,28). The van der Waals surface area contributed by atoms with E-state index in [0.717, 1.165) is 38.3 Å². The summed E-state index contributed by atoms with van der Waals surface area (Å²) in [6.07, 6.45) is 8.62. The molecule has 1 saturated heterocycles. The van der Waals surface area contributed by atoms with Crippen LogP contribution in [0.2, 0.25) is 0 Å². The molecule has 1 aromatic carbocycles. The van der Waals surface area contributed by atoms with Gasteiger partial charge in [-0.15, -0.1) is 0 Å². The van der Waals surface area contributed by atoms with Gasteiger partial charge in [0.05, 0.1) is 5.56 Å². The summed E-state index contributed by atoms with van der Waals surface area (Å²) in [4.78, 5) is 25.0. The Kier molecular flexibility index (Phi) is 5.28. The van der Waals surface area contributed by atoms with Crippen molar-refractivity contribution in [1.82, 2.24) is 15.0 Å². The van der Waals surface area contributed by atoms with Gasteiger partial charge in [0, 0.05) is 42.1 Å². The number of piperidine rings is 1. The number of nitrogens with zero attached hydrogens (tertiary/aromatic N) is 3. The molecular formula is C22H26N4O2. The third-order valence-corrected chi connectivity index (χ3v) is 5.85. The van der Waals surface area contributed by atoms with Crippen LogP contribution < -0.4 is 4.90 Å². The number of carbonyl (C=O) groups is 1. The number of hydrogen-bond acceptors (Lipinski definition) is 4. The minimum atomic E-state index is -0.990. The fraction of sp³-hybridized carbons (Fsp3) is 0.409. The lowest BCUT2D eigenvalue weighted by Crippen LogP contribution is -2.34. The van der Waals surface area contributed by atoms with E-state index in [1.165, 1.54) is 47.4 Å². The number of aryl methyl sites for hydroxylation is 2. The lowest BCUT2D eigenvalue weighted by molar-refractivity contribution is 0.0696. The molecule has 2 aromatic heterocycles. The van der Waals surface area contributed by atoms with Gasteiger partial charge < -0.3 is 15.0 Å². The van der Waals surface area contributed by atoms with Gasteiger partial charge in [-0.1, -0.05) is 18.2 Å². The average Bonchev–Trinajstić information content (AvgIpc) is 3.04. The quantitative estimate of drug-likeness (QED) is 0.672. The van der Waals surface area contributed by atoms with E-state index in [9.17, 15) is 4.79 Å². The third kappa shape index (κ3) is 3.86. The number of aromatic amines is 1. The molecule has 2 N–H and O–H groups in total. The first-order valence-corrected chi connectivity index (χ1v) is 9.98. The molecule has 0 atom stereocenters. The van der Waals surface area contributed by atoms with Crippen molar-refractivity contribution < 1.29 is 9.90 Å². The van der Waals surface area contributed by atoms with Crippen molar-refractivity contribution in [3.05, 3.63) is 53.5 Å². The molecular weight excluding hydrogens is 352 g/mol. The minimum Gasteiger partial charge on any atom is -0.478 e. The van der Waals surface area contributed by atoms with Crippen molar-refractivity contribution in [2.45, 2.75) is 39.0 Å². The van der Waals surface area contributed by atoms with Gasteiger partial charge in [0.2, 0.25) is 5.95 Å². The normalized spacial score (nSPS) is 15.2. The first kappa shape index (κ1) is 18.5. The van der Waals surface area contributed by atoms with E-state index in [1.807, 2.05) is 0 Å². The summed E-state index contributed by atoms with van der Waals surface area (Å²) >= 11 is 0. The second-order valence-electron chi connectivity index (χ2n) is 7.67. The monoisotopic (exact) mass is 378 g/mol. The first-order chi connectivity index (χ1) is 13.6. The van der Waals surface area contributed by atoms with Gasteiger partial charge in [-0.05, 0) is 56.6 Å². The van der Waals surface area contributed by atoms with Crippen LogP contribution in [0.5, 0.6) is 0 Å². The van der Waals surface area contributed by atoms with Crippen molar-refractivity contribution in [1.29, 1.82) is 0 Å². The number of aromatic nitrogens is 3. The fourth-order valence-corrected chi connectivity index (χ4v) is 4.24. The smallest absolute Gasteiger partial charge is 0.338 e. The number of benzene rings is 1. The maximum Gasteiger partial charge on any atom is 0.338 e. The van der Waals surface area contributed by atoms with Crippen LogP contribution in [0.25, 0.3) is 10.9 Å². The second-order valence-corrected chi connectivity index (χ2v) is 7.67. The molecule has 0 spiro atoms. The van der Waals surface area contributed by atoms with Gasteiger partial charge in [0.25, 0.3) is 0 Å². The van der Waals surface area contributed by atoms with Gasteiger partial charge in [0.1, 0.15) is 0 Å². The molecule has 1 aliphatic rings. The van der Waals surface area contributed by atoms with E-state index in [-0.39, 0.29) is 5.56 Å². The molecule has 0 radical (unpaired) electrons. The number of rotatable bonds is 6. The van der Waals surface area contributed by atoms with Crippen molar-refractivity contribution in [3.8, 4) is 0 Å². The van der Waals surface area contributed by atoms with Crippen molar-refractivity contribution in [2.75, 3.05) is 18.0 Å². The van der Waals surface area contributed by atoms with E-state index in [2.05, 4.69) is 51.0 Å². The number of aromatic carboxylic acids is 1. The summed E-state index contributed by atoms with van der Waals surface area (Å²) in [5.74, 6) is 0.383. The van der Waals surface area contributed by atoms with Crippen LogP contribution in [-0.2, 0) is 6.42 Å². The number of carboxylic acids is 1. The van der Waals surface area contributed by atoms with E-state index >= 15 is 0 Å². The lowest BCUT2D eigenvalue weighted by atomic mass is 9.90. The summed E-state index contributed by atoms with van der Waals surface area (Å²) in [5, 5.41) is 10.3. The molecule has 6 nitrogen and oxygen atoms in total. The number of H-pyrrole nitrogens is 1. The van der Waals surface area contributed by atoms with Crippen molar-refractivity contribution >= 4 is 22.8 Å². The fourth-order valence-electron chi connectivity index (χ4n) is 4.24. The highest BCUT2D eigenvalue weighted by Gasteiger charge is 2.21. The topological polar surface area (TPSA) is 82.1 Å². The maximum absolute atomic E-state index is 10.9. The van der Waals surface area contributed by atoms with Crippen molar-refractivity contribution in [3.63, 3.8) is 0 Å². The van der Waals surface area contributed by atoms with E-state index in [4.69, 9.17) is 5.11 Å². The Morgan fingerprint density at radius 1 is 1.21 bits per heavy atom. The average molecular weight is 378 g/mol. The molecule has 3 aromatic rings.